The van der Waals surface area contributed by atoms with Gasteiger partial charge in [-0.3, -0.25) is 4.90 Å². The Morgan fingerprint density at radius 2 is 2.20 bits per heavy atom. The van der Waals surface area contributed by atoms with Crippen molar-refractivity contribution in [3.63, 3.8) is 0 Å². The van der Waals surface area contributed by atoms with Gasteiger partial charge in [0.2, 0.25) is 0 Å². The first-order valence-electron chi connectivity index (χ1n) is 8.57. The average Bonchev–Trinajstić information content (AvgIpc) is 2.91. The molecule has 1 unspecified atom stereocenters. The van der Waals surface area contributed by atoms with E-state index in [4.69, 9.17) is 9.47 Å². The fraction of sp³-hybridized carbons (Fsp3) is 0.556. The van der Waals surface area contributed by atoms with Gasteiger partial charge >= 0.3 is 12.2 Å². The summed E-state index contributed by atoms with van der Waals surface area (Å²) in [6.07, 6.45) is 0.0309. The molecular formula is C18H25N3O4. The standard InChI is InChI=1S/C18H25N3O4/c1-18(2,3)20-16(22)24-10-15-11-25-17(23)21(15)14-5-4-13-9-19-7-6-12(13)8-14/h4-5,8,15,19H,6-7,9-11H2,1-3H3,(H,20,22). The van der Waals surface area contributed by atoms with Crippen LogP contribution >= 0.6 is 0 Å². The Balaban J connectivity index is 1.69. The van der Waals surface area contributed by atoms with E-state index in [0.717, 1.165) is 25.2 Å². The number of nitrogens with zero attached hydrogens (tertiary/aromatic N) is 1. The van der Waals surface area contributed by atoms with Gasteiger partial charge in [-0.05, 0) is 57.0 Å². The van der Waals surface area contributed by atoms with Crippen LogP contribution in [0.5, 0.6) is 0 Å². The maximum absolute atomic E-state index is 12.2. The van der Waals surface area contributed by atoms with Crippen molar-refractivity contribution in [2.45, 2.75) is 45.3 Å². The summed E-state index contributed by atoms with van der Waals surface area (Å²) < 4.78 is 10.5. The van der Waals surface area contributed by atoms with Crippen LogP contribution < -0.4 is 15.5 Å². The van der Waals surface area contributed by atoms with Crippen molar-refractivity contribution in [3.05, 3.63) is 29.3 Å². The minimum absolute atomic E-state index is 0.0896. The van der Waals surface area contributed by atoms with Crippen LogP contribution in [0.4, 0.5) is 15.3 Å². The summed E-state index contributed by atoms with van der Waals surface area (Å²) in [7, 11) is 0. The maximum atomic E-state index is 12.2. The number of carbonyl (C=O) groups is 2. The Morgan fingerprint density at radius 3 is 2.96 bits per heavy atom. The zero-order chi connectivity index (χ0) is 18.0. The van der Waals surface area contributed by atoms with Crippen molar-refractivity contribution in [1.29, 1.82) is 0 Å². The maximum Gasteiger partial charge on any atom is 0.414 e. The first-order valence-corrected chi connectivity index (χ1v) is 8.57. The number of benzene rings is 1. The summed E-state index contributed by atoms with van der Waals surface area (Å²) in [6, 6.07) is 5.66. The Kier molecular flexibility index (Phi) is 4.85. The summed E-state index contributed by atoms with van der Waals surface area (Å²) >= 11 is 0. The molecule has 0 aliphatic carbocycles. The second-order valence-electron chi connectivity index (χ2n) is 7.45. The molecule has 1 saturated heterocycles. The van der Waals surface area contributed by atoms with E-state index in [2.05, 4.69) is 10.6 Å². The third kappa shape index (κ3) is 4.22. The molecule has 2 heterocycles. The fourth-order valence-electron chi connectivity index (χ4n) is 3.03. The van der Waals surface area contributed by atoms with Gasteiger partial charge in [-0.2, -0.15) is 0 Å². The molecule has 2 aliphatic rings. The molecule has 136 valence electrons. The van der Waals surface area contributed by atoms with Crippen LogP contribution in [-0.2, 0) is 22.4 Å². The number of rotatable bonds is 3. The summed E-state index contributed by atoms with van der Waals surface area (Å²) in [5.74, 6) is 0. The van der Waals surface area contributed by atoms with Gasteiger partial charge in [-0.25, -0.2) is 9.59 Å². The van der Waals surface area contributed by atoms with Gasteiger partial charge < -0.3 is 20.1 Å². The van der Waals surface area contributed by atoms with Crippen molar-refractivity contribution >= 4 is 17.9 Å². The molecule has 2 amide bonds. The number of carbonyl (C=O) groups excluding carboxylic acids is 2. The summed E-state index contributed by atoms with van der Waals surface area (Å²) in [4.78, 5) is 25.6. The summed E-state index contributed by atoms with van der Waals surface area (Å²) in [5, 5.41) is 6.07. The van der Waals surface area contributed by atoms with E-state index in [0.29, 0.717) is 0 Å². The third-order valence-corrected chi connectivity index (χ3v) is 4.20. The number of alkyl carbamates (subject to hydrolysis) is 1. The molecule has 3 rings (SSSR count). The lowest BCUT2D eigenvalue weighted by Crippen LogP contribution is -2.43. The SMILES string of the molecule is CC(C)(C)NC(=O)OCC1COC(=O)N1c1ccc2c(c1)CCNC2. The van der Waals surface area contributed by atoms with E-state index in [1.807, 2.05) is 39.0 Å². The van der Waals surface area contributed by atoms with Gasteiger partial charge in [0.25, 0.3) is 0 Å². The lowest BCUT2D eigenvalue weighted by molar-refractivity contribution is 0.126. The molecule has 1 fully saturated rings. The number of nitrogens with one attached hydrogen (secondary N) is 2. The second kappa shape index (κ2) is 6.92. The molecule has 0 saturated carbocycles. The number of anilines is 1. The zero-order valence-electron chi connectivity index (χ0n) is 14.9. The van der Waals surface area contributed by atoms with Crippen molar-refractivity contribution in [3.8, 4) is 0 Å². The highest BCUT2D eigenvalue weighted by Gasteiger charge is 2.35. The number of fused-ring (bicyclic) bond motifs is 1. The molecule has 0 spiro atoms. The Labute approximate surface area is 147 Å². The minimum Gasteiger partial charge on any atom is -0.447 e. The summed E-state index contributed by atoms with van der Waals surface area (Å²) in [6.45, 7) is 7.72. The normalized spacial score (nSPS) is 20.0. The monoisotopic (exact) mass is 347 g/mol. The van der Waals surface area contributed by atoms with E-state index < -0.39 is 12.2 Å². The first-order chi connectivity index (χ1) is 11.8. The van der Waals surface area contributed by atoms with Crippen molar-refractivity contribution in [1.82, 2.24) is 10.6 Å². The third-order valence-electron chi connectivity index (χ3n) is 4.20. The van der Waals surface area contributed by atoms with Crippen molar-refractivity contribution < 1.29 is 19.1 Å². The summed E-state index contributed by atoms with van der Waals surface area (Å²) in [5.41, 5.74) is 2.90. The molecule has 0 radical (unpaired) electrons. The second-order valence-corrected chi connectivity index (χ2v) is 7.45. The van der Waals surface area contributed by atoms with Crippen LogP contribution in [0.3, 0.4) is 0 Å². The predicted octanol–water partition coefficient (Wildman–Crippen LogP) is 2.18. The molecule has 7 nitrogen and oxygen atoms in total. The van der Waals surface area contributed by atoms with Crippen LogP contribution in [0, 0.1) is 0 Å². The number of hydrogen-bond acceptors (Lipinski definition) is 5. The molecule has 2 aliphatic heterocycles. The predicted molar refractivity (Wildman–Crippen MR) is 93.7 cm³/mol. The van der Waals surface area contributed by atoms with Gasteiger partial charge in [-0.15, -0.1) is 0 Å². The van der Waals surface area contributed by atoms with E-state index in [-0.39, 0.29) is 24.8 Å². The number of hydrogen-bond donors (Lipinski definition) is 2. The Morgan fingerprint density at radius 1 is 1.40 bits per heavy atom. The van der Waals surface area contributed by atoms with Gasteiger partial charge in [0.1, 0.15) is 19.3 Å². The molecule has 0 bridgehead atoms. The van der Waals surface area contributed by atoms with E-state index in [1.54, 1.807) is 4.90 Å². The minimum atomic E-state index is -0.497. The van der Waals surface area contributed by atoms with Crippen LogP contribution in [0.15, 0.2) is 18.2 Å². The van der Waals surface area contributed by atoms with Crippen LogP contribution in [-0.4, -0.2) is 43.5 Å². The van der Waals surface area contributed by atoms with E-state index in [9.17, 15) is 9.59 Å². The molecule has 1 aromatic rings. The topological polar surface area (TPSA) is 79.9 Å². The van der Waals surface area contributed by atoms with Crippen molar-refractivity contribution in [2.24, 2.45) is 0 Å². The average molecular weight is 347 g/mol. The highest BCUT2D eigenvalue weighted by atomic mass is 16.6. The fourth-order valence-corrected chi connectivity index (χ4v) is 3.03. The molecule has 1 aromatic carbocycles. The highest BCUT2D eigenvalue weighted by Crippen LogP contribution is 2.27. The molecular weight excluding hydrogens is 322 g/mol. The van der Waals surface area contributed by atoms with Crippen molar-refractivity contribution in [2.75, 3.05) is 24.7 Å². The largest absolute Gasteiger partial charge is 0.447 e. The number of amides is 2. The van der Waals surface area contributed by atoms with Gasteiger partial charge in [0.15, 0.2) is 0 Å². The van der Waals surface area contributed by atoms with E-state index >= 15 is 0 Å². The zero-order valence-corrected chi connectivity index (χ0v) is 14.9. The van der Waals surface area contributed by atoms with Gasteiger partial charge in [0, 0.05) is 17.8 Å². The van der Waals surface area contributed by atoms with Crippen LogP contribution in [0.25, 0.3) is 0 Å². The van der Waals surface area contributed by atoms with Crippen LogP contribution in [0.1, 0.15) is 31.9 Å². The van der Waals surface area contributed by atoms with Gasteiger partial charge in [0.05, 0.1) is 0 Å². The van der Waals surface area contributed by atoms with Gasteiger partial charge in [-0.1, -0.05) is 6.07 Å². The molecule has 7 heteroatoms. The highest BCUT2D eigenvalue weighted by molar-refractivity contribution is 5.90. The van der Waals surface area contributed by atoms with E-state index in [1.165, 1.54) is 11.1 Å². The lowest BCUT2D eigenvalue weighted by Gasteiger charge is -2.25. The van der Waals surface area contributed by atoms with Crippen LogP contribution in [0.2, 0.25) is 0 Å². The smallest absolute Gasteiger partial charge is 0.414 e. The Hall–Kier alpha value is -2.28. The lowest BCUT2D eigenvalue weighted by atomic mass is 10.00. The first kappa shape index (κ1) is 17.5. The number of cyclic esters (lactones) is 1. The molecule has 2 N–H and O–H groups in total. The molecule has 25 heavy (non-hydrogen) atoms. The number of ether oxygens (including phenoxy) is 2. The Bertz CT molecular complexity index is 669. The molecule has 1 atom stereocenters. The molecule has 0 aromatic heterocycles. The quantitative estimate of drug-likeness (QED) is 0.876.